The van der Waals surface area contributed by atoms with Crippen LogP contribution in [0.15, 0.2) is 0 Å². The normalized spacial score (nSPS) is 37.6. The summed E-state index contributed by atoms with van der Waals surface area (Å²) in [6.07, 6.45) is 2.46. The third kappa shape index (κ3) is 1.94. The molecule has 15 heavy (non-hydrogen) atoms. The second kappa shape index (κ2) is 4.06. The van der Waals surface area contributed by atoms with Gasteiger partial charge in [0.25, 0.3) is 0 Å². The maximum atomic E-state index is 6.39. The fourth-order valence-electron chi connectivity index (χ4n) is 3.68. The van der Waals surface area contributed by atoms with Gasteiger partial charge in [0.05, 0.1) is 6.10 Å². The summed E-state index contributed by atoms with van der Waals surface area (Å²) in [5.74, 6) is 0.604. The van der Waals surface area contributed by atoms with E-state index in [1.54, 1.807) is 7.11 Å². The van der Waals surface area contributed by atoms with Gasteiger partial charge < -0.3 is 10.5 Å². The predicted octanol–water partition coefficient (Wildman–Crippen LogP) is 2.81. The van der Waals surface area contributed by atoms with Crippen LogP contribution in [-0.4, -0.2) is 19.3 Å². The molecule has 0 aliphatic heterocycles. The summed E-state index contributed by atoms with van der Waals surface area (Å²) in [6, 6.07) is 0.266. The Morgan fingerprint density at radius 1 is 1.33 bits per heavy atom. The molecule has 1 aliphatic carbocycles. The molecule has 0 amide bonds. The molecule has 1 fully saturated rings. The predicted molar refractivity (Wildman–Crippen MR) is 64.7 cm³/mol. The van der Waals surface area contributed by atoms with Crippen LogP contribution in [0.5, 0.6) is 0 Å². The standard InChI is InChI=1S/C13H27NO/c1-9(2)13(12(3,4)5)8-10(15-6)7-11(13)14/h9-11H,7-8,14H2,1-6H3/t10?,11-,13?/m1/s1. The second-order valence-electron chi connectivity index (χ2n) is 6.35. The highest BCUT2D eigenvalue weighted by Gasteiger charge is 2.54. The molecule has 0 heterocycles. The van der Waals surface area contributed by atoms with Crippen molar-refractivity contribution in [2.45, 2.75) is 59.6 Å². The van der Waals surface area contributed by atoms with Crippen molar-refractivity contribution in [1.82, 2.24) is 0 Å². The number of hydrogen-bond donors (Lipinski definition) is 1. The van der Waals surface area contributed by atoms with Crippen molar-refractivity contribution in [3.05, 3.63) is 0 Å². The molecule has 0 aromatic heterocycles. The third-order valence-corrected chi connectivity index (χ3v) is 4.50. The van der Waals surface area contributed by atoms with Crippen molar-refractivity contribution < 1.29 is 4.74 Å². The van der Waals surface area contributed by atoms with Crippen LogP contribution in [0, 0.1) is 16.7 Å². The Morgan fingerprint density at radius 2 is 1.87 bits per heavy atom. The van der Waals surface area contributed by atoms with Crippen molar-refractivity contribution in [2.75, 3.05) is 7.11 Å². The number of methoxy groups -OCH3 is 1. The minimum Gasteiger partial charge on any atom is -0.381 e. The zero-order valence-corrected chi connectivity index (χ0v) is 11.1. The molecular formula is C13H27NO. The Morgan fingerprint density at radius 3 is 2.07 bits per heavy atom. The van der Waals surface area contributed by atoms with E-state index in [1.807, 2.05) is 0 Å². The van der Waals surface area contributed by atoms with Crippen molar-refractivity contribution in [1.29, 1.82) is 0 Å². The van der Waals surface area contributed by atoms with Gasteiger partial charge in [-0.15, -0.1) is 0 Å². The SMILES string of the molecule is COC1C[C@@H](N)C(C(C)C)(C(C)(C)C)C1. The van der Waals surface area contributed by atoms with Gasteiger partial charge in [0.1, 0.15) is 0 Å². The molecule has 3 atom stereocenters. The first-order chi connectivity index (χ1) is 6.75. The lowest BCUT2D eigenvalue weighted by molar-refractivity contribution is 0.00294. The molecule has 2 unspecified atom stereocenters. The molecule has 0 radical (unpaired) electrons. The maximum absolute atomic E-state index is 6.39. The lowest BCUT2D eigenvalue weighted by atomic mass is 9.58. The van der Waals surface area contributed by atoms with Crippen molar-refractivity contribution in [3.63, 3.8) is 0 Å². The molecule has 0 bridgehead atoms. The minimum atomic E-state index is 0.216. The van der Waals surface area contributed by atoms with Gasteiger partial charge in [0.2, 0.25) is 0 Å². The van der Waals surface area contributed by atoms with Crippen molar-refractivity contribution in [3.8, 4) is 0 Å². The van der Waals surface area contributed by atoms with Gasteiger partial charge in [-0.2, -0.15) is 0 Å². The average molecular weight is 213 g/mol. The lowest BCUT2D eigenvalue weighted by Gasteiger charge is -2.48. The van der Waals surface area contributed by atoms with E-state index in [-0.39, 0.29) is 16.9 Å². The zero-order valence-electron chi connectivity index (χ0n) is 11.1. The Labute approximate surface area is 94.6 Å². The van der Waals surface area contributed by atoms with E-state index < -0.39 is 0 Å². The van der Waals surface area contributed by atoms with Gasteiger partial charge in [-0.05, 0) is 29.6 Å². The van der Waals surface area contributed by atoms with Crippen LogP contribution >= 0.6 is 0 Å². The van der Waals surface area contributed by atoms with Gasteiger partial charge in [-0.1, -0.05) is 34.6 Å². The van der Waals surface area contributed by atoms with Crippen LogP contribution in [0.25, 0.3) is 0 Å². The largest absolute Gasteiger partial charge is 0.381 e. The van der Waals surface area contributed by atoms with E-state index in [2.05, 4.69) is 34.6 Å². The van der Waals surface area contributed by atoms with Crippen LogP contribution in [0.4, 0.5) is 0 Å². The first-order valence-corrected chi connectivity index (χ1v) is 6.04. The second-order valence-corrected chi connectivity index (χ2v) is 6.35. The van der Waals surface area contributed by atoms with Crippen LogP contribution in [0.2, 0.25) is 0 Å². The molecule has 90 valence electrons. The molecule has 1 saturated carbocycles. The maximum Gasteiger partial charge on any atom is 0.0592 e. The molecule has 1 aliphatic rings. The summed E-state index contributed by atoms with van der Waals surface area (Å²) in [6.45, 7) is 11.5. The molecule has 0 aromatic carbocycles. The molecule has 2 nitrogen and oxygen atoms in total. The van der Waals surface area contributed by atoms with E-state index in [0.717, 1.165) is 12.8 Å². The quantitative estimate of drug-likeness (QED) is 0.765. The lowest BCUT2D eigenvalue weighted by Crippen LogP contribution is -2.50. The molecule has 1 rings (SSSR count). The van der Waals surface area contributed by atoms with Gasteiger partial charge >= 0.3 is 0 Å². The summed E-state index contributed by atoms with van der Waals surface area (Å²) in [7, 11) is 1.80. The molecular weight excluding hydrogens is 186 g/mol. The van der Waals surface area contributed by atoms with E-state index >= 15 is 0 Å². The van der Waals surface area contributed by atoms with Gasteiger partial charge in [0, 0.05) is 13.2 Å². The van der Waals surface area contributed by atoms with Gasteiger partial charge in [-0.25, -0.2) is 0 Å². The molecule has 2 heteroatoms. The summed E-state index contributed by atoms with van der Waals surface area (Å²) in [5, 5.41) is 0. The topological polar surface area (TPSA) is 35.2 Å². The monoisotopic (exact) mass is 213 g/mol. The number of rotatable bonds is 2. The van der Waals surface area contributed by atoms with Crippen molar-refractivity contribution in [2.24, 2.45) is 22.5 Å². The highest BCUT2D eigenvalue weighted by atomic mass is 16.5. The Kier molecular flexibility index (Phi) is 3.52. The smallest absolute Gasteiger partial charge is 0.0592 e. The highest BCUT2D eigenvalue weighted by Crippen LogP contribution is 2.55. The van der Waals surface area contributed by atoms with Crippen molar-refractivity contribution >= 4 is 0 Å². The van der Waals surface area contributed by atoms with Gasteiger partial charge in [0.15, 0.2) is 0 Å². The summed E-state index contributed by atoms with van der Waals surface area (Å²) in [5.41, 5.74) is 6.85. The number of hydrogen-bond acceptors (Lipinski definition) is 2. The van der Waals surface area contributed by atoms with E-state index in [9.17, 15) is 0 Å². The van der Waals surface area contributed by atoms with Crippen LogP contribution in [-0.2, 0) is 4.74 Å². The Hall–Kier alpha value is -0.0800. The highest BCUT2D eigenvalue weighted by molar-refractivity contribution is 5.06. The fraction of sp³-hybridized carbons (Fsp3) is 1.00. The zero-order chi connectivity index (χ0) is 11.9. The van der Waals surface area contributed by atoms with Crippen LogP contribution in [0.1, 0.15) is 47.5 Å². The fourth-order valence-corrected chi connectivity index (χ4v) is 3.68. The Bertz CT molecular complexity index is 219. The molecule has 2 N–H and O–H groups in total. The first-order valence-electron chi connectivity index (χ1n) is 6.04. The first kappa shape index (κ1) is 13.0. The molecule has 0 aromatic rings. The minimum absolute atomic E-state index is 0.216. The average Bonchev–Trinajstić information content (AvgIpc) is 2.42. The van der Waals surface area contributed by atoms with E-state index in [1.165, 1.54) is 0 Å². The number of nitrogens with two attached hydrogens (primary N) is 1. The summed E-state index contributed by atoms with van der Waals surface area (Å²) in [4.78, 5) is 0. The summed E-state index contributed by atoms with van der Waals surface area (Å²) >= 11 is 0. The van der Waals surface area contributed by atoms with E-state index in [4.69, 9.17) is 10.5 Å². The third-order valence-electron chi connectivity index (χ3n) is 4.50. The molecule has 0 saturated heterocycles. The van der Waals surface area contributed by atoms with Gasteiger partial charge in [-0.3, -0.25) is 0 Å². The van der Waals surface area contributed by atoms with Crippen LogP contribution < -0.4 is 5.73 Å². The molecule has 0 spiro atoms. The van der Waals surface area contributed by atoms with E-state index in [0.29, 0.717) is 12.0 Å². The number of ether oxygens (including phenoxy) is 1. The summed E-state index contributed by atoms with van der Waals surface area (Å²) < 4.78 is 5.50. The van der Waals surface area contributed by atoms with Crippen LogP contribution in [0.3, 0.4) is 0 Å². The Balaban J connectivity index is 3.03.